The molecule has 0 aromatic carbocycles. The topological polar surface area (TPSA) is 109 Å². The van der Waals surface area contributed by atoms with Crippen molar-refractivity contribution in [2.45, 2.75) is 32.9 Å². The van der Waals surface area contributed by atoms with Gasteiger partial charge in [-0.15, -0.1) is 5.10 Å². The number of hydrogen-bond acceptors (Lipinski definition) is 7. The van der Waals surface area contributed by atoms with Crippen molar-refractivity contribution in [3.8, 4) is 0 Å². The number of amides is 2. The summed E-state index contributed by atoms with van der Waals surface area (Å²) >= 11 is 0. The number of aromatic nitrogens is 5. The predicted octanol–water partition coefficient (Wildman–Crippen LogP) is 0.189. The van der Waals surface area contributed by atoms with Crippen molar-refractivity contribution >= 4 is 17.8 Å². The van der Waals surface area contributed by atoms with E-state index in [-0.39, 0.29) is 29.2 Å². The molecule has 2 amide bonds. The molecule has 2 aromatic rings. The molecule has 10 nitrogen and oxygen atoms in total. The average molecular weight is 384 g/mol. The van der Waals surface area contributed by atoms with E-state index in [1.165, 1.54) is 0 Å². The zero-order chi connectivity index (χ0) is 19.7. The molecular formula is C18H24N8O2. The Kier molecular flexibility index (Phi) is 4.93. The van der Waals surface area contributed by atoms with Crippen LogP contribution in [0.15, 0.2) is 18.5 Å². The van der Waals surface area contributed by atoms with Gasteiger partial charge >= 0.3 is 0 Å². The van der Waals surface area contributed by atoms with Gasteiger partial charge in [0.25, 0.3) is 11.8 Å². The molecule has 1 atom stereocenters. The lowest BCUT2D eigenvalue weighted by Crippen LogP contribution is -2.50. The maximum absolute atomic E-state index is 13.0. The van der Waals surface area contributed by atoms with Crippen molar-refractivity contribution < 1.29 is 9.59 Å². The number of fused-ring (bicyclic) bond motifs is 1. The summed E-state index contributed by atoms with van der Waals surface area (Å²) < 4.78 is 1.56. The summed E-state index contributed by atoms with van der Waals surface area (Å²) in [7, 11) is 0. The molecule has 2 aliphatic heterocycles. The van der Waals surface area contributed by atoms with E-state index in [0.717, 1.165) is 6.42 Å². The monoisotopic (exact) mass is 384 g/mol. The molecule has 2 aromatic heterocycles. The third-order valence-corrected chi connectivity index (χ3v) is 5.04. The number of rotatable bonds is 4. The number of hydrogen-bond donors (Lipinski definition) is 1. The van der Waals surface area contributed by atoms with Crippen LogP contribution >= 0.6 is 0 Å². The van der Waals surface area contributed by atoms with Crippen molar-refractivity contribution in [2.24, 2.45) is 5.92 Å². The molecule has 4 heterocycles. The van der Waals surface area contributed by atoms with Gasteiger partial charge in [0.1, 0.15) is 0 Å². The van der Waals surface area contributed by atoms with E-state index in [9.17, 15) is 9.59 Å². The number of nitrogens with zero attached hydrogens (tertiary/aromatic N) is 7. The van der Waals surface area contributed by atoms with Crippen molar-refractivity contribution in [3.63, 3.8) is 0 Å². The lowest BCUT2D eigenvalue weighted by atomic mass is 10.0. The highest BCUT2D eigenvalue weighted by molar-refractivity contribution is 6.05. The Morgan fingerprint density at radius 1 is 1.21 bits per heavy atom. The Labute approximate surface area is 162 Å². The summed E-state index contributed by atoms with van der Waals surface area (Å²) in [6.45, 7) is 7.04. The number of carbonyl (C=O) groups excluding carboxylic acids is 2. The molecule has 0 spiro atoms. The summed E-state index contributed by atoms with van der Waals surface area (Å²) in [5.41, 5.74) is 0.392. The number of piperazine rings is 1. The minimum Gasteiger partial charge on any atom is -0.346 e. The van der Waals surface area contributed by atoms with E-state index in [1.54, 1.807) is 28.0 Å². The first-order valence-electron chi connectivity index (χ1n) is 9.58. The summed E-state index contributed by atoms with van der Waals surface area (Å²) in [6.07, 6.45) is 4.26. The van der Waals surface area contributed by atoms with Crippen LogP contribution in [0.25, 0.3) is 0 Å². The van der Waals surface area contributed by atoms with Gasteiger partial charge in [-0.25, -0.2) is 14.6 Å². The van der Waals surface area contributed by atoms with E-state index in [1.807, 2.05) is 4.90 Å². The first-order chi connectivity index (χ1) is 13.5. The molecule has 10 heteroatoms. The van der Waals surface area contributed by atoms with Crippen LogP contribution in [-0.2, 0) is 6.54 Å². The zero-order valence-electron chi connectivity index (χ0n) is 16.1. The van der Waals surface area contributed by atoms with Crippen molar-refractivity contribution in [2.75, 3.05) is 31.1 Å². The average Bonchev–Trinajstić information content (AvgIpc) is 3.12. The quantitative estimate of drug-likeness (QED) is 0.801. The van der Waals surface area contributed by atoms with Crippen molar-refractivity contribution in [1.29, 1.82) is 0 Å². The van der Waals surface area contributed by atoms with Crippen LogP contribution in [-0.4, -0.2) is 73.9 Å². The SMILES string of the molecule is CC(C)CC1Cn2nnc(C(=O)N3CCN(c4ncccn4)CC3)c2C(=O)N1. The third kappa shape index (κ3) is 3.54. The first-order valence-corrected chi connectivity index (χ1v) is 9.58. The van der Waals surface area contributed by atoms with Gasteiger partial charge in [-0.2, -0.15) is 0 Å². The molecule has 1 saturated heterocycles. The van der Waals surface area contributed by atoms with Gasteiger partial charge in [-0.3, -0.25) is 9.59 Å². The molecule has 2 aliphatic rings. The van der Waals surface area contributed by atoms with Gasteiger partial charge in [-0.05, 0) is 18.4 Å². The molecule has 0 saturated carbocycles. The highest BCUT2D eigenvalue weighted by Gasteiger charge is 2.34. The van der Waals surface area contributed by atoms with Crippen LogP contribution < -0.4 is 10.2 Å². The maximum atomic E-state index is 13.0. The Bertz CT molecular complexity index is 858. The van der Waals surface area contributed by atoms with Crippen LogP contribution in [0.2, 0.25) is 0 Å². The molecule has 0 radical (unpaired) electrons. The normalized spacial score (nSPS) is 19.5. The van der Waals surface area contributed by atoms with Gasteiger partial charge in [0.2, 0.25) is 5.95 Å². The van der Waals surface area contributed by atoms with Crippen LogP contribution in [0, 0.1) is 5.92 Å². The van der Waals surface area contributed by atoms with Gasteiger partial charge < -0.3 is 15.1 Å². The summed E-state index contributed by atoms with van der Waals surface area (Å²) in [6, 6.07) is 1.79. The molecule has 1 N–H and O–H groups in total. The maximum Gasteiger partial charge on any atom is 0.277 e. The minimum absolute atomic E-state index is 0.0130. The smallest absolute Gasteiger partial charge is 0.277 e. The molecule has 1 fully saturated rings. The fourth-order valence-electron chi connectivity index (χ4n) is 3.73. The number of anilines is 1. The molecule has 28 heavy (non-hydrogen) atoms. The summed E-state index contributed by atoms with van der Waals surface area (Å²) in [4.78, 5) is 37.8. The van der Waals surface area contributed by atoms with Crippen LogP contribution in [0.5, 0.6) is 0 Å². The Balaban J connectivity index is 1.44. The molecular weight excluding hydrogens is 360 g/mol. The van der Waals surface area contributed by atoms with Crippen molar-refractivity contribution in [1.82, 2.24) is 35.2 Å². The lowest BCUT2D eigenvalue weighted by molar-refractivity contribution is 0.0730. The second kappa shape index (κ2) is 7.53. The molecule has 148 valence electrons. The predicted molar refractivity (Wildman–Crippen MR) is 101 cm³/mol. The molecule has 0 bridgehead atoms. The minimum atomic E-state index is -0.276. The second-order valence-electron chi connectivity index (χ2n) is 7.60. The summed E-state index contributed by atoms with van der Waals surface area (Å²) in [5.74, 6) is 0.585. The standard InChI is InChI=1S/C18H24N8O2/c1-12(2)10-13-11-26-15(16(27)21-13)14(22-23-26)17(28)24-6-8-25(9-7-24)18-19-4-3-5-20-18/h3-5,12-13H,6-11H2,1-2H3,(H,21,27). The largest absolute Gasteiger partial charge is 0.346 e. The Hall–Kier alpha value is -3.04. The fourth-order valence-corrected chi connectivity index (χ4v) is 3.73. The molecule has 4 rings (SSSR count). The van der Waals surface area contributed by atoms with E-state index < -0.39 is 0 Å². The Morgan fingerprint density at radius 2 is 1.93 bits per heavy atom. The third-order valence-electron chi connectivity index (χ3n) is 5.04. The van der Waals surface area contributed by atoms with E-state index in [4.69, 9.17) is 0 Å². The van der Waals surface area contributed by atoms with Gasteiger partial charge in [0.15, 0.2) is 11.4 Å². The highest BCUT2D eigenvalue weighted by atomic mass is 16.2. The van der Waals surface area contributed by atoms with Gasteiger partial charge in [0, 0.05) is 44.6 Å². The fraction of sp³-hybridized carbons (Fsp3) is 0.556. The number of carbonyl (C=O) groups is 2. The lowest BCUT2D eigenvalue weighted by Gasteiger charge is -2.34. The molecule has 1 unspecified atom stereocenters. The second-order valence-corrected chi connectivity index (χ2v) is 7.60. The van der Waals surface area contributed by atoms with Crippen molar-refractivity contribution in [3.05, 3.63) is 29.8 Å². The van der Waals surface area contributed by atoms with Crippen LogP contribution in [0.1, 0.15) is 41.2 Å². The van der Waals surface area contributed by atoms with E-state index in [2.05, 4.69) is 39.4 Å². The first kappa shape index (κ1) is 18.3. The molecule has 0 aliphatic carbocycles. The van der Waals surface area contributed by atoms with E-state index >= 15 is 0 Å². The Morgan fingerprint density at radius 3 is 2.61 bits per heavy atom. The van der Waals surface area contributed by atoms with Crippen LogP contribution in [0.4, 0.5) is 5.95 Å². The van der Waals surface area contributed by atoms with Gasteiger partial charge in [0.05, 0.1) is 6.54 Å². The number of nitrogens with one attached hydrogen (secondary N) is 1. The summed E-state index contributed by atoms with van der Waals surface area (Å²) in [5, 5.41) is 11.1. The zero-order valence-corrected chi connectivity index (χ0v) is 16.1. The van der Waals surface area contributed by atoms with Crippen LogP contribution in [0.3, 0.4) is 0 Å². The van der Waals surface area contributed by atoms with E-state index in [0.29, 0.717) is 44.6 Å². The van der Waals surface area contributed by atoms with Gasteiger partial charge in [-0.1, -0.05) is 19.1 Å². The highest BCUT2D eigenvalue weighted by Crippen LogP contribution is 2.18.